The predicted molar refractivity (Wildman–Crippen MR) is 150 cm³/mol. The minimum absolute atomic E-state index is 0.0875. The van der Waals surface area contributed by atoms with Crippen molar-refractivity contribution in [3.05, 3.63) is 49.5 Å². The molecule has 3 amide bonds. The Kier molecular flexibility index (Phi) is 7.88. The van der Waals surface area contributed by atoms with Crippen molar-refractivity contribution < 1.29 is 9.59 Å². The Labute approximate surface area is 227 Å². The Hall–Kier alpha value is -3.14. The van der Waals surface area contributed by atoms with Crippen LogP contribution in [0.1, 0.15) is 77.7 Å². The van der Waals surface area contributed by atoms with E-state index in [0.29, 0.717) is 34.5 Å². The molecule has 4 heterocycles. The molecule has 2 unspecified atom stereocenters. The number of carbonyl (C=O) groups excluding carboxylic acids is 2. The van der Waals surface area contributed by atoms with Crippen LogP contribution in [0.15, 0.2) is 34.1 Å². The number of amides is 3. The summed E-state index contributed by atoms with van der Waals surface area (Å²) in [6.07, 6.45) is 8.78. The minimum Gasteiger partial charge on any atom is -0.308 e. The number of carbonyl (C=O) groups is 2. The molecule has 1 N–H and O–H groups in total. The lowest BCUT2D eigenvalue weighted by atomic mass is 10.1. The van der Waals surface area contributed by atoms with Gasteiger partial charge in [0.25, 0.3) is 11.5 Å². The topological polar surface area (TPSA) is 90.2 Å². The lowest BCUT2D eigenvalue weighted by molar-refractivity contribution is -0.113. The van der Waals surface area contributed by atoms with Gasteiger partial charge in [0.2, 0.25) is 4.80 Å². The number of aromatic nitrogens is 1. The van der Waals surface area contributed by atoms with E-state index in [0.717, 1.165) is 24.1 Å². The Morgan fingerprint density at radius 1 is 0.895 bits per heavy atom. The second-order valence-electron chi connectivity index (χ2n) is 10.1. The summed E-state index contributed by atoms with van der Waals surface area (Å²) < 4.78 is 1.81. The van der Waals surface area contributed by atoms with E-state index in [-0.39, 0.29) is 17.5 Å². The van der Waals surface area contributed by atoms with Crippen molar-refractivity contribution >= 4 is 34.5 Å². The molecule has 3 aliphatic rings. The van der Waals surface area contributed by atoms with Gasteiger partial charge in [-0.1, -0.05) is 81.4 Å². The van der Waals surface area contributed by atoms with Gasteiger partial charge in [-0.3, -0.25) is 24.8 Å². The second-order valence-corrected chi connectivity index (χ2v) is 11.1. The zero-order valence-electron chi connectivity index (χ0n) is 22.6. The standard InChI is InChI=1S/C28H38N6O3S/c1-4-7-8-9-10-11-12-15-18-33-20-17-14-13-16-19(20)21(25(33)35)22-26(36)34-27(38-22)29-23-24(30-34)32(6-3)28(37)31(23)5-2/h13-14,16-17,23-24,30H,4-12,15,18H2,1-3H3/b22-21-. The number of hydrogen-bond donors (Lipinski definition) is 1. The van der Waals surface area contributed by atoms with Crippen molar-refractivity contribution in [2.24, 2.45) is 4.99 Å². The number of hydrogen-bond acceptors (Lipinski definition) is 6. The summed E-state index contributed by atoms with van der Waals surface area (Å²) in [4.78, 5) is 50.7. The Balaban J connectivity index is 1.43. The monoisotopic (exact) mass is 538 g/mol. The predicted octanol–water partition coefficient (Wildman–Crippen LogP) is 3.20. The van der Waals surface area contributed by atoms with Crippen LogP contribution in [0.25, 0.3) is 5.57 Å². The van der Waals surface area contributed by atoms with Crippen LogP contribution >= 0.6 is 11.3 Å². The van der Waals surface area contributed by atoms with Crippen LogP contribution in [0.4, 0.5) is 10.5 Å². The fourth-order valence-corrected chi connectivity index (χ4v) is 6.80. The molecule has 9 nitrogen and oxygen atoms in total. The summed E-state index contributed by atoms with van der Waals surface area (Å²) in [5, 5.41) is 0. The number of rotatable bonds is 11. The second kappa shape index (κ2) is 11.3. The Bertz CT molecular complexity index is 1380. The zero-order valence-corrected chi connectivity index (χ0v) is 23.4. The number of thiazole rings is 1. The number of nitrogens with zero attached hydrogens (tertiary/aromatic N) is 5. The summed E-state index contributed by atoms with van der Waals surface area (Å²) in [6.45, 7) is 7.76. The van der Waals surface area contributed by atoms with E-state index in [9.17, 15) is 14.4 Å². The molecule has 1 saturated heterocycles. The van der Waals surface area contributed by atoms with Crippen molar-refractivity contribution in [3.8, 4) is 0 Å². The first-order chi connectivity index (χ1) is 18.5. The van der Waals surface area contributed by atoms with E-state index in [2.05, 4.69) is 12.3 Å². The number of anilines is 1. The number of likely N-dealkylation sites (N-methyl/N-ethyl adjacent to an activating group) is 2. The lowest BCUT2D eigenvalue weighted by Gasteiger charge is -2.28. The maximum atomic E-state index is 13.7. The van der Waals surface area contributed by atoms with E-state index in [4.69, 9.17) is 4.99 Å². The quantitative estimate of drug-likeness (QED) is 0.445. The smallest absolute Gasteiger partial charge is 0.308 e. The number of unbranched alkanes of at least 4 members (excludes halogenated alkanes) is 7. The largest absolute Gasteiger partial charge is 0.323 e. The molecular formula is C28H38N6O3S. The van der Waals surface area contributed by atoms with Gasteiger partial charge < -0.3 is 4.90 Å². The SMILES string of the molecule is CCCCCCCCCCN1C(=O)/C(=c2\sc3n(c2=O)NC2C(N=3)N(CC)C(=O)N2CC)c2ccccc21. The van der Waals surface area contributed by atoms with Crippen molar-refractivity contribution in [3.63, 3.8) is 0 Å². The average molecular weight is 539 g/mol. The molecule has 10 heteroatoms. The first kappa shape index (κ1) is 26.5. The number of nitrogens with one attached hydrogen (secondary N) is 1. The van der Waals surface area contributed by atoms with E-state index >= 15 is 0 Å². The summed E-state index contributed by atoms with van der Waals surface area (Å²) in [7, 11) is 0. The van der Waals surface area contributed by atoms with Crippen molar-refractivity contribution in [1.82, 2.24) is 14.5 Å². The first-order valence-electron chi connectivity index (χ1n) is 14.1. The maximum absolute atomic E-state index is 13.7. The molecule has 38 heavy (non-hydrogen) atoms. The highest BCUT2D eigenvalue weighted by Crippen LogP contribution is 2.35. The summed E-state index contributed by atoms with van der Waals surface area (Å²) in [6, 6.07) is 7.65. The third kappa shape index (κ3) is 4.52. The van der Waals surface area contributed by atoms with Crippen LogP contribution < -0.4 is 25.2 Å². The molecular weight excluding hydrogens is 500 g/mol. The van der Waals surface area contributed by atoms with E-state index in [1.54, 1.807) is 9.80 Å². The minimum atomic E-state index is -0.421. The van der Waals surface area contributed by atoms with Crippen LogP contribution in [-0.2, 0) is 4.79 Å². The number of benzene rings is 1. The maximum Gasteiger partial charge on any atom is 0.323 e. The first-order valence-corrected chi connectivity index (χ1v) is 14.9. The van der Waals surface area contributed by atoms with Gasteiger partial charge in [0, 0.05) is 25.2 Å². The van der Waals surface area contributed by atoms with Gasteiger partial charge in [0.05, 0.1) is 11.3 Å². The lowest BCUT2D eigenvalue weighted by Crippen LogP contribution is -2.55. The van der Waals surface area contributed by atoms with Crippen molar-refractivity contribution in [2.75, 3.05) is 30.0 Å². The van der Waals surface area contributed by atoms with Gasteiger partial charge >= 0.3 is 6.03 Å². The van der Waals surface area contributed by atoms with Gasteiger partial charge in [-0.15, -0.1) is 0 Å². The molecule has 1 aromatic heterocycles. The van der Waals surface area contributed by atoms with Crippen molar-refractivity contribution in [1.29, 1.82) is 0 Å². The number of urea groups is 1. The van der Waals surface area contributed by atoms with Crippen LogP contribution in [0.5, 0.6) is 0 Å². The van der Waals surface area contributed by atoms with Gasteiger partial charge in [-0.25, -0.2) is 9.79 Å². The molecule has 0 aliphatic carbocycles. The highest BCUT2D eigenvalue weighted by atomic mass is 32.1. The molecule has 3 aliphatic heterocycles. The van der Waals surface area contributed by atoms with Crippen LogP contribution in [0, 0.1) is 0 Å². The molecule has 204 valence electrons. The Morgan fingerprint density at radius 2 is 1.58 bits per heavy atom. The van der Waals surface area contributed by atoms with E-state index in [1.165, 1.54) is 54.5 Å². The number of fused-ring (bicyclic) bond motifs is 3. The number of para-hydroxylation sites is 1. The normalized spacial score (nSPS) is 21.4. The molecule has 0 radical (unpaired) electrons. The molecule has 0 saturated carbocycles. The van der Waals surface area contributed by atoms with Gasteiger partial charge in [-0.2, -0.15) is 4.68 Å². The molecule has 1 fully saturated rings. The van der Waals surface area contributed by atoms with Crippen LogP contribution in [-0.4, -0.2) is 58.4 Å². The van der Waals surface area contributed by atoms with Gasteiger partial charge in [0.15, 0.2) is 12.3 Å². The molecule has 5 rings (SSSR count). The Morgan fingerprint density at radius 3 is 2.29 bits per heavy atom. The van der Waals surface area contributed by atoms with Crippen LogP contribution in [0.2, 0.25) is 0 Å². The van der Waals surface area contributed by atoms with E-state index in [1.807, 2.05) is 43.0 Å². The van der Waals surface area contributed by atoms with Crippen molar-refractivity contribution in [2.45, 2.75) is 84.5 Å². The highest BCUT2D eigenvalue weighted by Gasteiger charge is 2.47. The molecule has 1 aromatic carbocycles. The molecule has 0 bridgehead atoms. The molecule has 2 atom stereocenters. The highest BCUT2D eigenvalue weighted by molar-refractivity contribution is 7.07. The molecule has 0 spiro atoms. The van der Waals surface area contributed by atoms with Gasteiger partial charge in [-0.05, 0) is 26.3 Å². The van der Waals surface area contributed by atoms with E-state index < -0.39 is 12.3 Å². The van der Waals surface area contributed by atoms with Crippen LogP contribution in [0.3, 0.4) is 0 Å². The summed E-state index contributed by atoms with van der Waals surface area (Å²) >= 11 is 1.22. The third-order valence-corrected chi connectivity index (χ3v) is 8.84. The van der Waals surface area contributed by atoms with Gasteiger partial charge in [0.1, 0.15) is 4.53 Å². The summed E-state index contributed by atoms with van der Waals surface area (Å²) in [5.74, 6) is -0.119. The zero-order chi connectivity index (χ0) is 26.8. The molecule has 2 aromatic rings. The fourth-order valence-electron chi connectivity index (χ4n) is 5.75. The average Bonchev–Trinajstić information content (AvgIpc) is 3.49. The summed E-state index contributed by atoms with van der Waals surface area (Å²) in [5.41, 5.74) is 5.06. The fraction of sp³-hybridized carbons (Fsp3) is 0.571. The third-order valence-electron chi connectivity index (χ3n) is 7.78.